The van der Waals surface area contributed by atoms with Crippen LogP contribution in [0.1, 0.15) is 50.5 Å². The highest BCUT2D eigenvalue weighted by Crippen LogP contribution is 2.25. The number of benzene rings is 1. The lowest BCUT2D eigenvalue weighted by Crippen LogP contribution is -2.40. The summed E-state index contributed by atoms with van der Waals surface area (Å²) < 4.78 is 13.3. The van der Waals surface area contributed by atoms with Crippen LogP contribution in [-0.2, 0) is 9.59 Å². The Kier molecular flexibility index (Phi) is 6.13. The number of halogens is 1. The molecule has 2 atom stereocenters. The summed E-state index contributed by atoms with van der Waals surface area (Å²) in [5.74, 6) is -0.755. The molecular formula is C18H24FNO3. The molecule has 0 saturated carbocycles. The molecule has 0 spiro atoms. The Labute approximate surface area is 136 Å². The van der Waals surface area contributed by atoms with Crippen molar-refractivity contribution < 1.29 is 19.1 Å². The van der Waals surface area contributed by atoms with Crippen LogP contribution in [0.5, 0.6) is 0 Å². The first-order valence-corrected chi connectivity index (χ1v) is 8.20. The summed E-state index contributed by atoms with van der Waals surface area (Å²) in [5, 5.41) is 8.78. The second-order valence-corrected chi connectivity index (χ2v) is 6.44. The number of likely N-dealkylation sites (tertiary alicyclic amines) is 1. The quantitative estimate of drug-likeness (QED) is 0.873. The zero-order valence-corrected chi connectivity index (χ0v) is 13.5. The van der Waals surface area contributed by atoms with Crippen LogP contribution in [0, 0.1) is 11.7 Å². The summed E-state index contributed by atoms with van der Waals surface area (Å²) in [7, 11) is 0. The molecule has 1 N–H and O–H groups in total. The third-order valence-electron chi connectivity index (χ3n) is 4.54. The Bertz CT molecular complexity index is 561. The number of carboxylic acid groups (broad SMARTS) is 1. The van der Waals surface area contributed by atoms with Crippen LogP contribution in [0.4, 0.5) is 4.39 Å². The van der Waals surface area contributed by atoms with Crippen molar-refractivity contribution in [1.82, 2.24) is 4.90 Å². The van der Waals surface area contributed by atoms with E-state index in [0.29, 0.717) is 19.4 Å². The molecule has 1 fully saturated rings. The van der Waals surface area contributed by atoms with Crippen LogP contribution in [0.2, 0.25) is 0 Å². The minimum absolute atomic E-state index is 0.0300. The highest BCUT2D eigenvalue weighted by atomic mass is 19.1. The van der Waals surface area contributed by atoms with E-state index in [-0.39, 0.29) is 30.0 Å². The van der Waals surface area contributed by atoms with Gasteiger partial charge in [-0.25, -0.2) is 4.39 Å². The van der Waals surface area contributed by atoms with Crippen molar-refractivity contribution in [2.75, 3.05) is 13.1 Å². The first-order chi connectivity index (χ1) is 11.0. The molecule has 0 bridgehead atoms. The number of rotatable bonds is 6. The molecule has 1 aromatic rings. The predicted molar refractivity (Wildman–Crippen MR) is 85.6 cm³/mol. The molecule has 4 nitrogen and oxygen atoms in total. The van der Waals surface area contributed by atoms with Crippen molar-refractivity contribution in [1.29, 1.82) is 0 Å². The van der Waals surface area contributed by atoms with Crippen molar-refractivity contribution in [3.05, 3.63) is 35.6 Å². The van der Waals surface area contributed by atoms with Crippen LogP contribution >= 0.6 is 0 Å². The number of nitrogens with zero attached hydrogens (tertiary/aromatic N) is 1. The van der Waals surface area contributed by atoms with E-state index in [9.17, 15) is 14.0 Å². The van der Waals surface area contributed by atoms with Crippen molar-refractivity contribution in [3.8, 4) is 0 Å². The fourth-order valence-electron chi connectivity index (χ4n) is 3.18. The molecule has 1 heterocycles. The Morgan fingerprint density at radius 2 is 2.22 bits per heavy atom. The van der Waals surface area contributed by atoms with Gasteiger partial charge >= 0.3 is 5.97 Å². The van der Waals surface area contributed by atoms with Gasteiger partial charge in [-0.1, -0.05) is 19.1 Å². The molecule has 0 radical (unpaired) electrons. The second kappa shape index (κ2) is 8.09. The first kappa shape index (κ1) is 17.4. The molecule has 0 unspecified atom stereocenters. The third kappa shape index (κ3) is 5.34. The smallest absolute Gasteiger partial charge is 0.303 e. The zero-order valence-electron chi connectivity index (χ0n) is 13.5. The van der Waals surface area contributed by atoms with Gasteiger partial charge in [0.05, 0.1) is 0 Å². The lowest BCUT2D eigenvalue weighted by atomic mass is 9.92. The van der Waals surface area contributed by atoms with Crippen LogP contribution in [-0.4, -0.2) is 35.0 Å². The predicted octanol–water partition coefficient (Wildman–Crippen LogP) is 3.42. The summed E-state index contributed by atoms with van der Waals surface area (Å²) in [5.41, 5.74) is 0.831. The molecule has 1 aliphatic rings. The SMILES string of the molecule is C[C@@H](CC(=O)N1CCC[C@H](CCC(=O)O)C1)c1cccc(F)c1. The monoisotopic (exact) mass is 321 g/mol. The normalized spacial score (nSPS) is 19.4. The lowest BCUT2D eigenvalue weighted by Gasteiger charge is -2.33. The molecule has 0 aromatic heterocycles. The largest absolute Gasteiger partial charge is 0.481 e. The molecule has 0 aliphatic carbocycles. The molecule has 23 heavy (non-hydrogen) atoms. The van der Waals surface area contributed by atoms with Crippen molar-refractivity contribution in [2.24, 2.45) is 5.92 Å². The summed E-state index contributed by atoms with van der Waals surface area (Å²) in [6, 6.07) is 6.38. The standard InChI is InChI=1S/C18H24FNO3/c1-13(15-5-2-6-16(19)11-15)10-17(21)20-9-3-4-14(12-20)7-8-18(22)23/h2,5-6,11,13-14H,3-4,7-10,12H2,1H3,(H,22,23)/t13-,14+/m0/s1. The van der Waals surface area contributed by atoms with Gasteiger partial charge < -0.3 is 10.0 Å². The number of carboxylic acids is 1. The topological polar surface area (TPSA) is 57.6 Å². The van der Waals surface area contributed by atoms with Crippen molar-refractivity contribution >= 4 is 11.9 Å². The fourth-order valence-corrected chi connectivity index (χ4v) is 3.18. The lowest BCUT2D eigenvalue weighted by molar-refractivity contribution is -0.137. The first-order valence-electron chi connectivity index (χ1n) is 8.20. The minimum atomic E-state index is -0.784. The molecule has 1 amide bonds. The zero-order chi connectivity index (χ0) is 16.8. The average Bonchev–Trinajstić information content (AvgIpc) is 2.53. The highest BCUT2D eigenvalue weighted by Gasteiger charge is 2.25. The maximum absolute atomic E-state index is 13.3. The van der Waals surface area contributed by atoms with E-state index < -0.39 is 5.97 Å². The van der Waals surface area contributed by atoms with E-state index in [2.05, 4.69) is 0 Å². The van der Waals surface area contributed by atoms with E-state index >= 15 is 0 Å². The minimum Gasteiger partial charge on any atom is -0.481 e. The van der Waals surface area contributed by atoms with Crippen LogP contribution in [0.3, 0.4) is 0 Å². The molecule has 5 heteroatoms. The van der Waals surface area contributed by atoms with Crippen molar-refractivity contribution in [3.63, 3.8) is 0 Å². The maximum atomic E-state index is 13.3. The number of carbonyl (C=O) groups is 2. The molecule has 2 rings (SSSR count). The summed E-state index contributed by atoms with van der Waals surface area (Å²) >= 11 is 0. The Morgan fingerprint density at radius 1 is 1.43 bits per heavy atom. The Morgan fingerprint density at radius 3 is 2.91 bits per heavy atom. The third-order valence-corrected chi connectivity index (χ3v) is 4.54. The van der Waals surface area contributed by atoms with Gasteiger partial charge in [0.1, 0.15) is 5.82 Å². The van der Waals surface area contributed by atoms with Crippen LogP contribution < -0.4 is 0 Å². The highest BCUT2D eigenvalue weighted by molar-refractivity contribution is 5.77. The van der Waals surface area contributed by atoms with E-state index in [1.54, 1.807) is 6.07 Å². The molecule has 1 aromatic carbocycles. The Hall–Kier alpha value is -1.91. The van der Waals surface area contributed by atoms with Crippen LogP contribution in [0.15, 0.2) is 24.3 Å². The van der Waals surface area contributed by atoms with E-state index in [1.165, 1.54) is 12.1 Å². The molecule has 1 aliphatic heterocycles. The number of hydrogen-bond acceptors (Lipinski definition) is 2. The molecular weight excluding hydrogens is 297 g/mol. The number of hydrogen-bond donors (Lipinski definition) is 1. The van der Waals surface area contributed by atoms with Gasteiger partial charge in [0.25, 0.3) is 0 Å². The van der Waals surface area contributed by atoms with E-state index in [0.717, 1.165) is 24.9 Å². The number of piperidine rings is 1. The second-order valence-electron chi connectivity index (χ2n) is 6.44. The molecule has 126 valence electrons. The van der Waals surface area contributed by atoms with E-state index in [4.69, 9.17) is 5.11 Å². The van der Waals surface area contributed by atoms with Gasteiger partial charge in [-0.2, -0.15) is 0 Å². The fraction of sp³-hybridized carbons (Fsp3) is 0.556. The van der Waals surface area contributed by atoms with Gasteiger partial charge in [-0.15, -0.1) is 0 Å². The van der Waals surface area contributed by atoms with Gasteiger partial charge in [0, 0.05) is 25.9 Å². The van der Waals surface area contributed by atoms with Gasteiger partial charge in [0.15, 0.2) is 0 Å². The Balaban J connectivity index is 1.88. The van der Waals surface area contributed by atoms with Crippen LogP contribution in [0.25, 0.3) is 0 Å². The van der Waals surface area contributed by atoms with Gasteiger partial charge in [-0.05, 0) is 48.8 Å². The van der Waals surface area contributed by atoms with Crippen molar-refractivity contribution in [2.45, 2.75) is 44.9 Å². The summed E-state index contributed by atoms with van der Waals surface area (Å²) in [6.45, 7) is 3.30. The van der Waals surface area contributed by atoms with E-state index in [1.807, 2.05) is 17.9 Å². The van der Waals surface area contributed by atoms with Gasteiger partial charge in [0.2, 0.25) is 5.91 Å². The molecule has 1 saturated heterocycles. The number of carbonyl (C=O) groups excluding carboxylic acids is 1. The number of amides is 1. The summed E-state index contributed by atoms with van der Waals surface area (Å²) in [4.78, 5) is 25.0. The number of aliphatic carboxylic acids is 1. The average molecular weight is 321 g/mol. The van der Waals surface area contributed by atoms with Gasteiger partial charge in [-0.3, -0.25) is 9.59 Å². The summed E-state index contributed by atoms with van der Waals surface area (Å²) in [6.07, 6.45) is 3.04. The maximum Gasteiger partial charge on any atom is 0.303 e.